The highest BCUT2D eigenvalue weighted by molar-refractivity contribution is 5.81. The van der Waals surface area contributed by atoms with Crippen molar-refractivity contribution in [3.8, 4) is 0 Å². The second-order valence-electron chi connectivity index (χ2n) is 3.09. The molecule has 5 heteroatoms. The molecule has 13 heavy (non-hydrogen) atoms. The maximum Gasteiger partial charge on any atom is 0.251 e. The summed E-state index contributed by atoms with van der Waals surface area (Å²) in [5.41, 5.74) is 12.1. The van der Waals surface area contributed by atoms with Crippen LogP contribution in [0.2, 0.25) is 0 Å². The summed E-state index contributed by atoms with van der Waals surface area (Å²) in [5.74, 6) is -0.346. The van der Waals surface area contributed by atoms with Crippen molar-refractivity contribution < 1.29 is 4.79 Å². The molecule has 0 saturated carbocycles. The van der Waals surface area contributed by atoms with Gasteiger partial charge in [0, 0.05) is 12.5 Å². The first kappa shape index (κ1) is 9.73. The van der Waals surface area contributed by atoms with E-state index in [4.69, 9.17) is 11.5 Å². The van der Waals surface area contributed by atoms with Crippen molar-refractivity contribution in [1.29, 1.82) is 0 Å². The Morgan fingerprint density at radius 1 is 1.77 bits per heavy atom. The topological polar surface area (TPSA) is 86.9 Å². The fourth-order valence-electron chi connectivity index (χ4n) is 0.913. The third-order valence-corrected chi connectivity index (χ3v) is 1.94. The van der Waals surface area contributed by atoms with E-state index in [2.05, 4.69) is 5.10 Å². The van der Waals surface area contributed by atoms with Crippen molar-refractivity contribution in [3.05, 3.63) is 11.9 Å². The van der Waals surface area contributed by atoms with Crippen LogP contribution in [0.15, 0.2) is 6.20 Å². The van der Waals surface area contributed by atoms with Crippen LogP contribution in [-0.4, -0.2) is 22.2 Å². The fourth-order valence-corrected chi connectivity index (χ4v) is 0.913. The molecule has 0 amide bonds. The first-order chi connectivity index (χ1) is 6.06. The van der Waals surface area contributed by atoms with Gasteiger partial charge in [0.05, 0.1) is 17.6 Å². The molecule has 0 bridgehead atoms. The minimum absolute atomic E-state index is 0.123. The highest BCUT2D eigenvalue weighted by atomic mass is 16.2. The Morgan fingerprint density at radius 2 is 2.38 bits per heavy atom. The Morgan fingerprint density at radius 3 is 2.77 bits per heavy atom. The number of hydrogen-bond acceptors (Lipinski definition) is 4. The third-order valence-electron chi connectivity index (χ3n) is 1.94. The van der Waals surface area contributed by atoms with Crippen LogP contribution in [0.1, 0.15) is 17.4 Å². The number of nitrogens with two attached hydrogens (primary N) is 2. The van der Waals surface area contributed by atoms with Crippen LogP contribution in [0.3, 0.4) is 0 Å². The Bertz CT molecular complexity index is 298. The molecule has 1 aromatic heterocycles. The summed E-state index contributed by atoms with van der Waals surface area (Å²) in [4.78, 5) is 11.5. The van der Waals surface area contributed by atoms with Crippen LogP contribution in [0.4, 0.5) is 5.69 Å². The summed E-state index contributed by atoms with van der Waals surface area (Å²) in [6.07, 6.45) is 1.52. The molecule has 0 aliphatic carbocycles. The summed E-state index contributed by atoms with van der Waals surface area (Å²) in [6, 6.07) is 0. The van der Waals surface area contributed by atoms with Gasteiger partial charge in [0.2, 0.25) is 0 Å². The molecule has 0 saturated heterocycles. The highest BCUT2D eigenvalue weighted by Gasteiger charge is 2.14. The average Bonchev–Trinajstić information content (AvgIpc) is 2.44. The molecule has 0 aliphatic heterocycles. The number of hydrogen-bond donors (Lipinski definition) is 2. The second-order valence-corrected chi connectivity index (χ2v) is 3.09. The van der Waals surface area contributed by atoms with Crippen molar-refractivity contribution >= 4 is 11.6 Å². The summed E-state index contributed by atoms with van der Waals surface area (Å²) in [7, 11) is 0. The van der Waals surface area contributed by atoms with Crippen molar-refractivity contribution in [2.45, 2.75) is 13.8 Å². The van der Waals surface area contributed by atoms with Crippen LogP contribution in [0.5, 0.6) is 0 Å². The van der Waals surface area contributed by atoms with E-state index in [-0.39, 0.29) is 11.8 Å². The lowest BCUT2D eigenvalue weighted by Crippen LogP contribution is -2.26. The lowest BCUT2D eigenvalue weighted by molar-refractivity contribution is 0.0832. The Hall–Kier alpha value is -1.36. The van der Waals surface area contributed by atoms with Crippen molar-refractivity contribution in [3.63, 3.8) is 0 Å². The van der Waals surface area contributed by atoms with Gasteiger partial charge in [0.15, 0.2) is 0 Å². The molecule has 0 radical (unpaired) electrons. The van der Waals surface area contributed by atoms with E-state index < -0.39 is 0 Å². The van der Waals surface area contributed by atoms with Crippen LogP contribution in [-0.2, 0) is 0 Å². The zero-order valence-corrected chi connectivity index (χ0v) is 7.82. The molecule has 72 valence electrons. The van der Waals surface area contributed by atoms with Gasteiger partial charge in [-0.25, -0.2) is 4.68 Å². The van der Waals surface area contributed by atoms with Gasteiger partial charge in [-0.1, -0.05) is 6.92 Å². The molecule has 1 heterocycles. The van der Waals surface area contributed by atoms with Gasteiger partial charge in [-0.3, -0.25) is 4.79 Å². The van der Waals surface area contributed by atoms with Gasteiger partial charge in [-0.05, 0) is 6.92 Å². The summed E-state index contributed by atoms with van der Waals surface area (Å²) in [6.45, 7) is 3.83. The molecule has 0 fully saturated rings. The number of rotatable bonds is 2. The number of carbonyl (C=O) groups excluding carboxylic acids is 1. The number of anilines is 1. The summed E-state index contributed by atoms with van der Waals surface area (Å²) in [5, 5.41) is 3.97. The van der Waals surface area contributed by atoms with Gasteiger partial charge in [-0.15, -0.1) is 0 Å². The van der Waals surface area contributed by atoms with Crippen molar-refractivity contribution in [2.24, 2.45) is 11.7 Å². The van der Waals surface area contributed by atoms with E-state index in [9.17, 15) is 4.79 Å². The average molecular weight is 182 g/mol. The van der Waals surface area contributed by atoms with Crippen molar-refractivity contribution in [1.82, 2.24) is 9.78 Å². The Balaban J connectivity index is 2.89. The number of carbonyl (C=O) groups is 1. The molecular formula is C8H14N4O. The normalized spacial score (nSPS) is 12.8. The smallest absolute Gasteiger partial charge is 0.251 e. The first-order valence-electron chi connectivity index (χ1n) is 4.12. The van der Waals surface area contributed by atoms with Crippen LogP contribution in [0.25, 0.3) is 0 Å². The maximum absolute atomic E-state index is 11.5. The zero-order valence-electron chi connectivity index (χ0n) is 7.82. The molecular weight excluding hydrogens is 168 g/mol. The largest absolute Gasteiger partial charge is 0.396 e. The van der Waals surface area contributed by atoms with E-state index in [1.807, 2.05) is 0 Å². The highest BCUT2D eigenvalue weighted by Crippen LogP contribution is 2.08. The predicted octanol–water partition coefficient (Wildman–Crippen LogP) is 0.00872. The monoisotopic (exact) mass is 182 g/mol. The van der Waals surface area contributed by atoms with E-state index in [0.29, 0.717) is 17.9 Å². The minimum atomic E-state index is -0.223. The van der Waals surface area contributed by atoms with E-state index in [1.54, 1.807) is 13.8 Å². The van der Waals surface area contributed by atoms with Gasteiger partial charge in [0.1, 0.15) is 0 Å². The molecule has 0 aliphatic rings. The molecule has 0 spiro atoms. The van der Waals surface area contributed by atoms with Crippen LogP contribution in [0, 0.1) is 12.8 Å². The Kier molecular flexibility index (Phi) is 2.67. The van der Waals surface area contributed by atoms with Gasteiger partial charge in [0.25, 0.3) is 5.91 Å². The molecule has 1 unspecified atom stereocenters. The SMILES string of the molecule is Cc1nn(C(=O)C(C)CN)cc1N. The molecule has 1 rings (SSSR count). The van der Waals surface area contributed by atoms with Gasteiger partial charge >= 0.3 is 0 Å². The molecule has 1 aromatic rings. The third kappa shape index (κ3) is 1.86. The fraction of sp³-hybridized carbons (Fsp3) is 0.500. The quantitative estimate of drug-likeness (QED) is 0.674. The van der Waals surface area contributed by atoms with E-state index in [1.165, 1.54) is 10.9 Å². The van der Waals surface area contributed by atoms with Gasteiger partial charge < -0.3 is 11.5 Å². The summed E-state index contributed by atoms with van der Waals surface area (Å²) >= 11 is 0. The first-order valence-corrected chi connectivity index (χ1v) is 4.12. The summed E-state index contributed by atoms with van der Waals surface area (Å²) < 4.78 is 1.25. The second kappa shape index (κ2) is 3.57. The maximum atomic E-state index is 11.5. The van der Waals surface area contributed by atoms with Crippen LogP contribution >= 0.6 is 0 Å². The molecule has 4 N–H and O–H groups in total. The van der Waals surface area contributed by atoms with Crippen LogP contribution < -0.4 is 11.5 Å². The minimum Gasteiger partial charge on any atom is -0.396 e. The standard InChI is InChI=1S/C8H14N4O/c1-5(3-9)8(13)12-4-7(10)6(2)11-12/h4-5H,3,9-10H2,1-2H3. The number of aryl methyl sites for hydroxylation is 1. The zero-order chi connectivity index (χ0) is 10.0. The van der Waals surface area contributed by atoms with E-state index >= 15 is 0 Å². The molecule has 0 aromatic carbocycles. The van der Waals surface area contributed by atoms with Crippen molar-refractivity contribution in [2.75, 3.05) is 12.3 Å². The number of aromatic nitrogens is 2. The number of nitrogens with zero attached hydrogens (tertiary/aromatic N) is 2. The molecule has 1 atom stereocenters. The lowest BCUT2D eigenvalue weighted by atomic mass is 10.2. The Labute approximate surface area is 76.7 Å². The molecule has 5 nitrogen and oxygen atoms in total. The van der Waals surface area contributed by atoms with Gasteiger partial charge in [-0.2, -0.15) is 5.10 Å². The predicted molar refractivity (Wildman–Crippen MR) is 50.2 cm³/mol. The van der Waals surface area contributed by atoms with E-state index in [0.717, 1.165) is 0 Å². The number of nitrogen functional groups attached to an aromatic ring is 1. The lowest BCUT2D eigenvalue weighted by Gasteiger charge is -2.05.